The van der Waals surface area contributed by atoms with Crippen molar-refractivity contribution in [1.82, 2.24) is 20.3 Å². The van der Waals surface area contributed by atoms with E-state index in [1.165, 1.54) is 19.3 Å². The van der Waals surface area contributed by atoms with Crippen LogP contribution in [0.15, 0.2) is 6.20 Å². The minimum atomic E-state index is 0.325. The molecule has 4 nitrogen and oxygen atoms in total. The van der Waals surface area contributed by atoms with Gasteiger partial charge >= 0.3 is 0 Å². The molecule has 0 spiro atoms. The fourth-order valence-electron chi connectivity index (χ4n) is 2.20. The second-order valence-corrected chi connectivity index (χ2v) is 4.94. The maximum atomic E-state index is 4.21. The summed E-state index contributed by atoms with van der Waals surface area (Å²) in [7, 11) is 1.92. The van der Waals surface area contributed by atoms with Crippen molar-refractivity contribution in [1.29, 1.82) is 0 Å². The normalized spacial score (nSPS) is 12.0. The zero-order valence-electron chi connectivity index (χ0n) is 11.7. The Morgan fingerprint density at radius 1 is 1.29 bits per heavy atom. The summed E-state index contributed by atoms with van der Waals surface area (Å²) in [5.41, 5.74) is 1.43. The fraction of sp³-hybridized carbons (Fsp3) is 0.846. The zero-order chi connectivity index (χ0) is 12.7. The topological polar surface area (TPSA) is 42.7 Å². The van der Waals surface area contributed by atoms with Crippen molar-refractivity contribution >= 4 is 0 Å². The summed E-state index contributed by atoms with van der Waals surface area (Å²) >= 11 is 0. The van der Waals surface area contributed by atoms with Gasteiger partial charge in [-0.3, -0.25) is 4.68 Å². The van der Waals surface area contributed by atoms with E-state index in [0.29, 0.717) is 5.41 Å². The number of hydrogen-bond acceptors (Lipinski definition) is 3. The lowest BCUT2D eigenvalue weighted by Crippen LogP contribution is -2.35. The van der Waals surface area contributed by atoms with Gasteiger partial charge < -0.3 is 5.32 Å². The highest BCUT2D eigenvalue weighted by molar-refractivity contribution is 4.99. The molecule has 98 valence electrons. The van der Waals surface area contributed by atoms with Crippen LogP contribution in [0.25, 0.3) is 0 Å². The van der Waals surface area contributed by atoms with E-state index < -0.39 is 0 Å². The number of rotatable bonds is 8. The first kappa shape index (κ1) is 14.2. The van der Waals surface area contributed by atoms with Crippen LogP contribution in [0, 0.1) is 5.41 Å². The van der Waals surface area contributed by atoms with E-state index in [0.717, 1.165) is 25.2 Å². The second kappa shape index (κ2) is 6.74. The third-order valence-corrected chi connectivity index (χ3v) is 3.63. The van der Waals surface area contributed by atoms with Gasteiger partial charge in [-0.25, -0.2) is 0 Å². The van der Waals surface area contributed by atoms with E-state index in [1.54, 1.807) is 4.68 Å². The summed E-state index contributed by atoms with van der Waals surface area (Å²) in [5, 5.41) is 11.8. The van der Waals surface area contributed by atoms with Crippen LogP contribution in [0.2, 0.25) is 0 Å². The maximum Gasteiger partial charge on any atom is 0.0833 e. The van der Waals surface area contributed by atoms with Crippen molar-refractivity contribution in [3.05, 3.63) is 11.9 Å². The summed E-state index contributed by atoms with van der Waals surface area (Å²) in [5.74, 6) is 0. The van der Waals surface area contributed by atoms with E-state index in [4.69, 9.17) is 0 Å². The Morgan fingerprint density at radius 2 is 2.00 bits per heavy atom. The highest BCUT2D eigenvalue weighted by Crippen LogP contribution is 2.29. The van der Waals surface area contributed by atoms with Crippen LogP contribution >= 0.6 is 0 Å². The largest absolute Gasteiger partial charge is 0.316 e. The Labute approximate surface area is 105 Å². The third kappa shape index (κ3) is 4.11. The van der Waals surface area contributed by atoms with E-state index >= 15 is 0 Å². The Bertz CT molecular complexity index is 315. The van der Waals surface area contributed by atoms with E-state index in [-0.39, 0.29) is 0 Å². The fourth-order valence-corrected chi connectivity index (χ4v) is 2.20. The van der Waals surface area contributed by atoms with Gasteiger partial charge in [-0.15, -0.1) is 5.10 Å². The molecular weight excluding hydrogens is 212 g/mol. The molecule has 0 unspecified atom stereocenters. The Kier molecular flexibility index (Phi) is 5.62. The molecule has 0 aliphatic carbocycles. The molecule has 0 aromatic carbocycles. The van der Waals surface area contributed by atoms with Gasteiger partial charge in [0.1, 0.15) is 0 Å². The molecule has 1 N–H and O–H groups in total. The highest BCUT2D eigenvalue weighted by atomic mass is 15.4. The monoisotopic (exact) mass is 238 g/mol. The number of aryl methyl sites for hydroxylation is 1. The van der Waals surface area contributed by atoms with E-state index in [9.17, 15) is 0 Å². The first-order valence-electron chi connectivity index (χ1n) is 6.71. The minimum Gasteiger partial charge on any atom is -0.316 e. The SMILES string of the molecule is CCCNCC(CC)(CC)Cc1cn(C)nn1. The molecule has 0 amide bonds. The lowest BCUT2D eigenvalue weighted by Gasteiger charge is -2.31. The van der Waals surface area contributed by atoms with Crippen molar-refractivity contribution in [3.63, 3.8) is 0 Å². The number of nitrogens with one attached hydrogen (secondary N) is 1. The Balaban J connectivity index is 2.63. The van der Waals surface area contributed by atoms with Gasteiger partial charge in [0.25, 0.3) is 0 Å². The van der Waals surface area contributed by atoms with Crippen molar-refractivity contribution in [2.24, 2.45) is 12.5 Å². The van der Waals surface area contributed by atoms with Gasteiger partial charge in [0, 0.05) is 19.8 Å². The van der Waals surface area contributed by atoms with Gasteiger partial charge in [0.2, 0.25) is 0 Å². The second-order valence-electron chi connectivity index (χ2n) is 4.94. The lowest BCUT2D eigenvalue weighted by atomic mass is 9.78. The van der Waals surface area contributed by atoms with Crippen LogP contribution in [-0.4, -0.2) is 28.1 Å². The molecule has 0 saturated carbocycles. The van der Waals surface area contributed by atoms with Gasteiger partial charge in [-0.2, -0.15) is 0 Å². The molecule has 1 aromatic heterocycles. The van der Waals surface area contributed by atoms with Crippen LogP contribution in [-0.2, 0) is 13.5 Å². The average molecular weight is 238 g/mol. The summed E-state index contributed by atoms with van der Waals surface area (Å²) < 4.78 is 1.78. The predicted molar refractivity (Wildman–Crippen MR) is 70.9 cm³/mol. The smallest absolute Gasteiger partial charge is 0.0833 e. The first-order chi connectivity index (χ1) is 8.15. The summed E-state index contributed by atoms with van der Waals surface area (Å²) in [6.07, 6.45) is 6.59. The van der Waals surface area contributed by atoms with Crippen LogP contribution in [0.4, 0.5) is 0 Å². The Morgan fingerprint density at radius 3 is 2.47 bits per heavy atom. The predicted octanol–water partition coefficient (Wildman–Crippen LogP) is 2.16. The molecule has 0 bridgehead atoms. The molecule has 1 heterocycles. The van der Waals surface area contributed by atoms with Gasteiger partial charge in [-0.1, -0.05) is 26.0 Å². The van der Waals surface area contributed by atoms with Gasteiger partial charge in [-0.05, 0) is 37.6 Å². The number of hydrogen-bond donors (Lipinski definition) is 1. The molecule has 0 fully saturated rings. The van der Waals surface area contributed by atoms with Crippen molar-refractivity contribution in [3.8, 4) is 0 Å². The van der Waals surface area contributed by atoms with Crippen molar-refractivity contribution in [2.45, 2.75) is 46.5 Å². The molecule has 1 rings (SSSR count). The molecule has 17 heavy (non-hydrogen) atoms. The number of nitrogens with zero attached hydrogens (tertiary/aromatic N) is 3. The summed E-state index contributed by atoms with van der Waals surface area (Å²) in [6, 6.07) is 0. The van der Waals surface area contributed by atoms with Crippen LogP contribution in [0.1, 0.15) is 45.7 Å². The molecule has 0 radical (unpaired) electrons. The molecule has 0 atom stereocenters. The van der Waals surface area contributed by atoms with E-state index in [1.807, 2.05) is 13.2 Å². The third-order valence-electron chi connectivity index (χ3n) is 3.63. The van der Waals surface area contributed by atoms with Crippen LogP contribution in [0.5, 0.6) is 0 Å². The average Bonchev–Trinajstić information content (AvgIpc) is 2.73. The lowest BCUT2D eigenvalue weighted by molar-refractivity contribution is 0.244. The molecule has 0 saturated heterocycles. The summed E-state index contributed by atoms with van der Waals surface area (Å²) in [6.45, 7) is 8.92. The van der Waals surface area contributed by atoms with Crippen LogP contribution < -0.4 is 5.32 Å². The van der Waals surface area contributed by atoms with Crippen molar-refractivity contribution < 1.29 is 0 Å². The quantitative estimate of drug-likeness (QED) is 0.706. The van der Waals surface area contributed by atoms with Gasteiger partial charge in [0.15, 0.2) is 0 Å². The van der Waals surface area contributed by atoms with E-state index in [2.05, 4.69) is 36.4 Å². The van der Waals surface area contributed by atoms with Crippen LogP contribution in [0.3, 0.4) is 0 Å². The minimum absolute atomic E-state index is 0.325. The molecule has 4 heteroatoms. The molecule has 1 aromatic rings. The zero-order valence-corrected chi connectivity index (χ0v) is 11.7. The Hall–Kier alpha value is -0.900. The van der Waals surface area contributed by atoms with Crippen molar-refractivity contribution in [2.75, 3.05) is 13.1 Å². The van der Waals surface area contributed by atoms with Gasteiger partial charge in [0.05, 0.1) is 5.69 Å². The molecule has 0 aliphatic rings. The standard InChI is InChI=1S/C13H26N4/c1-5-8-14-11-13(6-2,7-3)9-12-10-17(4)16-15-12/h10,14H,5-9,11H2,1-4H3. The molecule has 0 aliphatic heterocycles. The maximum absolute atomic E-state index is 4.21. The number of aromatic nitrogens is 3. The first-order valence-corrected chi connectivity index (χ1v) is 6.71. The highest BCUT2D eigenvalue weighted by Gasteiger charge is 2.27. The molecular formula is C13H26N4. The summed E-state index contributed by atoms with van der Waals surface area (Å²) in [4.78, 5) is 0.